The van der Waals surface area contributed by atoms with E-state index in [4.69, 9.17) is 31.2 Å². The molecule has 2 heterocycles. The van der Waals surface area contributed by atoms with Gasteiger partial charge >= 0.3 is 6.09 Å². The van der Waals surface area contributed by atoms with E-state index in [1.54, 1.807) is 36.4 Å². The summed E-state index contributed by atoms with van der Waals surface area (Å²) in [5.41, 5.74) is 7.50. The van der Waals surface area contributed by atoms with Crippen LogP contribution in [0.25, 0.3) is 11.1 Å². The predicted molar refractivity (Wildman–Crippen MR) is 210 cm³/mol. The van der Waals surface area contributed by atoms with E-state index in [0.717, 1.165) is 56.9 Å². The third kappa shape index (κ3) is 11.5. The number of carbonyl (C=O) groups excluding carboxylic acids is 4. The van der Waals surface area contributed by atoms with Gasteiger partial charge in [-0.15, -0.1) is 0 Å². The number of hydrogen-bond acceptors (Lipinski definition) is 9. The fourth-order valence-electron chi connectivity index (χ4n) is 8.22. The van der Waals surface area contributed by atoms with Crippen LogP contribution in [-0.4, -0.2) is 84.1 Å². The second-order valence-corrected chi connectivity index (χ2v) is 16.0. The molecule has 1 aliphatic heterocycles. The van der Waals surface area contributed by atoms with Crippen molar-refractivity contribution in [3.05, 3.63) is 65.0 Å². The predicted octanol–water partition coefficient (Wildman–Crippen LogP) is 6.76. The fourth-order valence-corrected chi connectivity index (χ4v) is 8.44. The topological polar surface area (TPSA) is 166 Å². The largest absolute Gasteiger partial charge is 0.449 e. The molecule has 3 fully saturated rings. The molecule has 2 aliphatic carbocycles. The minimum absolute atomic E-state index is 0.0831. The first-order valence-electron chi connectivity index (χ1n) is 20.3. The summed E-state index contributed by atoms with van der Waals surface area (Å²) in [5.74, 6) is -0.696. The van der Waals surface area contributed by atoms with E-state index in [9.17, 15) is 19.2 Å². The van der Waals surface area contributed by atoms with Crippen LogP contribution < -0.4 is 16.4 Å². The van der Waals surface area contributed by atoms with E-state index in [-0.39, 0.29) is 31.9 Å². The second-order valence-electron chi connectivity index (χ2n) is 15.5. The van der Waals surface area contributed by atoms with Gasteiger partial charge in [0.2, 0.25) is 17.6 Å². The van der Waals surface area contributed by atoms with Crippen LogP contribution in [0.5, 0.6) is 0 Å². The average Bonchev–Trinajstić information content (AvgIpc) is 3.98. The molecule has 1 saturated heterocycles. The SMILES string of the molecule is NCCCCCC(NC(=O)C1C[C@@H](OCC2CCCCC2)CN1C(=O)[C@@H](Cc1cccc(Cl)c1)NC(=O)OCC1CCCC1)C(=O)c1nc2ccccc2o1. The number of carbonyl (C=O) groups is 4. The van der Waals surface area contributed by atoms with Crippen molar-refractivity contribution in [2.24, 2.45) is 17.6 Å². The van der Waals surface area contributed by atoms with Crippen LogP contribution in [0.4, 0.5) is 4.79 Å². The summed E-state index contributed by atoms with van der Waals surface area (Å²) in [6.45, 7) is 1.53. The molecule has 2 unspecified atom stereocenters. The Hall–Kier alpha value is -4.00. The number of rotatable bonds is 18. The maximum atomic E-state index is 14.7. The van der Waals surface area contributed by atoms with E-state index in [1.807, 2.05) is 12.1 Å². The van der Waals surface area contributed by atoms with Crippen LogP contribution in [0.15, 0.2) is 52.9 Å². The minimum atomic E-state index is -1.05. The first-order valence-corrected chi connectivity index (χ1v) is 20.6. The first-order chi connectivity index (χ1) is 26.8. The van der Waals surface area contributed by atoms with Crippen molar-refractivity contribution in [3.8, 4) is 0 Å². The van der Waals surface area contributed by atoms with Gasteiger partial charge in [0.25, 0.3) is 5.89 Å². The normalized spacial score (nSPS) is 20.4. The molecule has 2 saturated carbocycles. The van der Waals surface area contributed by atoms with Gasteiger partial charge in [0.05, 0.1) is 18.8 Å². The molecule has 3 aromatic rings. The molecule has 12 nitrogen and oxygen atoms in total. The second kappa shape index (κ2) is 20.2. The third-order valence-electron chi connectivity index (χ3n) is 11.3. The molecule has 4 atom stereocenters. The zero-order valence-corrected chi connectivity index (χ0v) is 32.5. The van der Waals surface area contributed by atoms with Gasteiger partial charge in [-0.05, 0) is 86.7 Å². The Morgan fingerprint density at radius 1 is 0.891 bits per heavy atom. The molecule has 0 radical (unpaired) electrons. The zero-order valence-electron chi connectivity index (χ0n) is 31.7. The van der Waals surface area contributed by atoms with E-state index >= 15 is 0 Å². The molecule has 2 aromatic carbocycles. The van der Waals surface area contributed by atoms with Gasteiger partial charge in [0.15, 0.2) is 5.58 Å². The maximum absolute atomic E-state index is 14.7. The number of ether oxygens (including phenoxy) is 2. The molecule has 3 aliphatic rings. The smallest absolute Gasteiger partial charge is 0.407 e. The fraction of sp³-hybridized carbons (Fsp3) is 0.595. The van der Waals surface area contributed by atoms with Gasteiger partial charge in [0.1, 0.15) is 17.6 Å². The summed E-state index contributed by atoms with van der Waals surface area (Å²) < 4.78 is 17.9. The number of fused-ring (bicyclic) bond motifs is 1. The highest BCUT2D eigenvalue weighted by Crippen LogP contribution is 2.29. The number of nitrogens with two attached hydrogens (primary N) is 1. The Balaban J connectivity index is 1.22. The Labute approximate surface area is 328 Å². The Bertz CT molecular complexity index is 1710. The lowest BCUT2D eigenvalue weighted by Crippen LogP contribution is -2.56. The van der Waals surface area contributed by atoms with Crippen molar-refractivity contribution in [3.63, 3.8) is 0 Å². The van der Waals surface area contributed by atoms with Crippen LogP contribution in [0.2, 0.25) is 5.02 Å². The average molecular weight is 778 g/mol. The van der Waals surface area contributed by atoms with Gasteiger partial charge in [-0.1, -0.05) is 80.8 Å². The standard InChI is InChI=1S/C42H56ClN5O7/c43-31-17-11-16-30(22-31)23-35(47-42(52)54-27-29-14-6-7-15-29)41(51)48-25-32(53-26-28-12-3-1-4-13-28)24-36(48)39(50)45-34(19-5-2-10-21-44)38(49)40-46-33-18-8-9-20-37(33)55-40/h8-9,11,16-18,20,22,28-29,32,34-36H,1-7,10,12-15,19,21,23-27,44H2,(H,45,50)(H,47,52)/t32-,34?,35-,36?/m1/s1. The Morgan fingerprint density at radius 3 is 2.38 bits per heavy atom. The van der Waals surface area contributed by atoms with Crippen molar-refractivity contribution in [2.45, 2.75) is 121 Å². The molecular formula is C42H56ClN5O7. The highest BCUT2D eigenvalue weighted by Gasteiger charge is 2.44. The Kier molecular flexibility index (Phi) is 15.0. The summed E-state index contributed by atoms with van der Waals surface area (Å²) in [5, 5.41) is 6.31. The van der Waals surface area contributed by atoms with Gasteiger partial charge in [-0.25, -0.2) is 9.78 Å². The van der Waals surface area contributed by atoms with Gasteiger partial charge in [-0.2, -0.15) is 0 Å². The van der Waals surface area contributed by atoms with Crippen LogP contribution >= 0.6 is 11.6 Å². The van der Waals surface area contributed by atoms with E-state index in [0.29, 0.717) is 54.0 Å². The van der Waals surface area contributed by atoms with Crippen LogP contribution in [0.1, 0.15) is 106 Å². The van der Waals surface area contributed by atoms with Crippen molar-refractivity contribution in [2.75, 3.05) is 26.3 Å². The van der Waals surface area contributed by atoms with Crippen LogP contribution in [-0.2, 0) is 25.5 Å². The number of Topliss-reactive ketones (excluding diaryl/α,β-unsaturated/α-hetero) is 1. The van der Waals surface area contributed by atoms with Crippen molar-refractivity contribution in [1.82, 2.24) is 20.5 Å². The molecule has 1 aromatic heterocycles. The van der Waals surface area contributed by atoms with Crippen molar-refractivity contribution < 1.29 is 33.1 Å². The number of nitrogens with one attached hydrogen (secondary N) is 2. The van der Waals surface area contributed by atoms with E-state index < -0.39 is 47.9 Å². The molecule has 13 heteroatoms. The van der Waals surface area contributed by atoms with Crippen LogP contribution in [0, 0.1) is 11.8 Å². The number of unbranched alkanes of at least 4 members (excludes halogenated alkanes) is 2. The summed E-state index contributed by atoms with van der Waals surface area (Å²) in [6, 6.07) is 11.3. The molecule has 4 N–H and O–H groups in total. The van der Waals surface area contributed by atoms with Crippen molar-refractivity contribution >= 4 is 46.4 Å². The number of para-hydroxylation sites is 2. The number of alkyl carbamates (subject to hydrolysis) is 1. The Morgan fingerprint density at radius 2 is 1.64 bits per heavy atom. The zero-order chi connectivity index (χ0) is 38.6. The highest BCUT2D eigenvalue weighted by molar-refractivity contribution is 6.30. The quantitative estimate of drug-likeness (QED) is 0.0935. The maximum Gasteiger partial charge on any atom is 0.407 e. The molecule has 0 spiro atoms. The molecular weight excluding hydrogens is 722 g/mol. The van der Waals surface area contributed by atoms with Gasteiger partial charge in [0, 0.05) is 31.0 Å². The first kappa shape index (κ1) is 40.7. The summed E-state index contributed by atoms with van der Waals surface area (Å²) in [4.78, 5) is 62.1. The molecule has 298 valence electrons. The number of oxazole rings is 1. The lowest BCUT2D eigenvalue weighted by molar-refractivity contribution is -0.140. The molecule has 55 heavy (non-hydrogen) atoms. The summed E-state index contributed by atoms with van der Waals surface area (Å²) in [6.07, 6.45) is 11.8. The number of likely N-dealkylation sites (tertiary alicyclic amines) is 1. The van der Waals surface area contributed by atoms with Crippen LogP contribution in [0.3, 0.4) is 0 Å². The molecule has 3 amide bonds. The summed E-state index contributed by atoms with van der Waals surface area (Å²) >= 11 is 6.32. The van der Waals surface area contributed by atoms with E-state index in [1.165, 1.54) is 24.2 Å². The van der Waals surface area contributed by atoms with E-state index in [2.05, 4.69) is 15.6 Å². The molecule has 6 rings (SSSR count). The molecule has 0 bridgehead atoms. The highest BCUT2D eigenvalue weighted by atomic mass is 35.5. The number of benzene rings is 2. The van der Waals surface area contributed by atoms with Gasteiger partial charge < -0.3 is 35.2 Å². The number of amides is 3. The van der Waals surface area contributed by atoms with Crippen molar-refractivity contribution in [1.29, 1.82) is 0 Å². The number of ketones is 1. The summed E-state index contributed by atoms with van der Waals surface area (Å²) in [7, 11) is 0. The number of nitrogens with zero attached hydrogens (tertiary/aromatic N) is 2. The lowest BCUT2D eigenvalue weighted by Gasteiger charge is -2.29. The number of halogens is 1. The number of hydrogen-bond donors (Lipinski definition) is 3. The minimum Gasteiger partial charge on any atom is -0.449 e. The third-order valence-corrected chi connectivity index (χ3v) is 11.6. The lowest BCUT2D eigenvalue weighted by atomic mass is 9.90. The number of aromatic nitrogens is 1. The van der Waals surface area contributed by atoms with Gasteiger partial charge in [-0.3, -0.25) is 14.4 Å². The monoisotopic (exact) mass is 777 g/mol.